The van der Waals surface area contributed by atoms with Crippen LogP contribution in [0.15, 0.2) is 4.99 Å². The van der Waals surface area contributed by atoms with Gasteiger partial charge in [-0.3, -0.25) is 4.99 Å². The summed E-state index contributed by atoms with van der Waals surface area (Å²) < 4.78 is 5.75. The van der Waals surface area contributed by atoms with Crippen LogP contribution in [-0.4, -0.2) is 36.2 Å². The highest BCUT2D eigenvalue weighted by molar-refractivity contribution is 8.13. The van der Waals surface area contributed by atoms with Gasteiger partial charge in [-0.25, -0.2) is 0 Å². The third-order valence-corrected chi connectivity index (χ3v) is 4.93. The van der Waals surface area contributed by atoms with Crippen molar-refractivity contribution >= 4 is 16.9 Å². The van der Waals surface area contributed by atoms with Crippen molar-refractivity contribution in [3.05, 3.63) is 0 Å². The summed E-state index contributed by atoms with van der Waals surface area (Å²) in [6.07, 6.45) is 6.53. The second-order valence-electron chi connectivity index (χ2n) is 6.66. The minimum Gasteiger partial charge on any atom is -0.378 e. The monoisotopic (exact) mass is 284 g/mol. The lowest BCUT2D eigenvalue weighted by atomic mass is 9.85. The van der Waals surface area contributed by atoms with E-state index in [0.29, 0.717) is 17.6 Å². The zero-order valence-electron chi connectivity index (χ0n) is 12.6. The van der Waals surface area contributed by atoms with E-state index in [1.165, 1.54) is 31.4 Å². The van der Waals surface area contributed by atoms with Crippen molar-refractivity contribution in [2.45, 2.75) is 65.0 Å². The molecule has 0 radical (unpaired) electrons. The van der Waals surface area contributed by atoms with E-state index in [0.717, 1.165) is 24.7 Å². The summed E-state index contributed by atoms with van der Waals surface area (Å²) in [5.74, 6) is 1.19. The predicted octanol–water partition coefficient (Wildman–Crippen LogP) is 3.44. The number of rotatable bonds is 3. The Morgan fingerprint density at radius 1 is 1.32 bits per heavy atom. The Bertz CT molecular complexity index is 306. The molecule has 19 heavy (non-hydrogen) atoms. The smallest absolute Gasteiger partial charge is 0.156 e. The van der Waals surface area contributed by atoms with Crippen molar-refractivity contribution in [2.24, 2.45) is 10.4 Å². The number of nitrogens with zero attached hydrogens (tertiary/aromatic N) is 1. The number of aliphatic imine (C=N–C) groups is 1. The number of hydrogen-bond acceptors (Lipinski definition) is 3. The number of hydrogen-bond donors (Lipinski definition) is 1. The summed E-state index contributed by atoms with van der Waals surface area (Å²) in [4.78, 5) is 4.73. The minimum atomic E-state index is 0.314. The number of ether oxygens (including phenoxy) is 1. The maximum Gasteiger partial charge on any atom is 0.156 e. The Kier molecular flexibility index (Phi) is 5.58. The molecule has 0 aromatic carbocycles. The zero-order valence-corrected chi connectivity index (χ0v) is 13.4. The van der Waals surface area contributed by atoms with Gasteiger partial charge in [-0.2, -0.15) is 0 Å². The number of amidine groups is 1. The lowest BCUT2D eigenvalue weighted by Gasteiger charge is -2.35. The van der Waals surface area contributed by atoms with Crippen LogP contribution in [0.3, 0.4) is 0 Å². The van der Waals surface area contributed by atoms with Gasteiger partial charge in [-0.05, 0) is 37.5 Å². The van der Waals surface area contributed by atoms with E-state index >= 15 is 0 Å². The molecule has 2 aliphatic heterocycles. The molecule has 0 aliphatic carbocycles. The Morgan fingerprint density at radius 3 is 2.84 bits per heavy atom. The van der Waals surface area contributed by atoms with Gasteiger partial charge in [0.2, 0.25) is 0 Å². The maximum absolute atomic E-state index is 5.75. The highest BCUT2D eigenvalue weighted by Crippen LogP contribution is 2.27. The van der Waals surface area contributed by atoms with Gasteiger partial charge in [0.05, 0.1) is 6.10 Å². The molecule has 0 aromatic heterocycles. The molecule has 1 N–H and O–H groups in total. The van der Waals surface area contributed by atoms with Crippen LogP contribution in [0, 0.1) is 5.41 Å². The first-order valence-electron chi connectivity index (χ1n) is 7.61. The van der Waals surface area contributed by atoms with Gasteiger partial charge in [-0.15, -0.1) is 0 Å². The molecule has 2 saturated heterocycles. The van der Waals surface area contributed by atoms with Crippen molar-refractivity contribution in [1.82, 2.24) is 5.32 Å². The molecule has 0 spiro atoms. The van der Waals surface area contributed by atoms with Crippen LogP contribution in [0.25, 0.3) is 0 Å². The quantitative estimate of drug-likeness (QED) is 0.862. The van der Waals surface area contributed by atoms with Crippen LogP contribution >= 0.6 is 11.8 Å². The molecule has 0 amide bonds. The van der Waals surface area contributed by atoms with E-state index in [-0.39, 0.29) is 0 Å². The Morgan fingerprint density at radius 2 is 2.16 bits per heavy atom. The van der Waals surface area contributed by atoms with Crippen LogP contribution in [0.1, 0.15) is 52.9 Å². The molecule has 110 valence electrons. The summed E-state index contributed by atoms with van der Waals surface area (Å²) in [7, 11) is 0. The second-order valence-corrected chi connectivity index (χ2v) is 7.75. The SMILES string of the molecule is CC(C)(C)C1CCSC(=NCCC2CCCCO2)N1. The first kappa shape index (κ1) is 15.2. The van der Waals surface area contributed by atoms with E-state index in [9.17, 15) is 0 Å². The molecular weight excluding hydrogens is 256 g/mol. The van der Waals surface area contributed by atoms with Crippen LogP contribution in [0.2, 0.25) is 0 Å². The van der Waals surface area contributed by atoms with Gasteiger partial charge in [-0.1, -0.05) is 32.5 Å². The molecule has 4 heteroatoms. The van der Waals surface area contributed by atoms with Gasteiger partial charge >= 0.3 is 0 Å². The molecular formula is C15H28N2OS. The van der Waals surface area contributed by atoms with Crippen molar-refractivity contribution in [1.29, 1.82) is 0 Å². The second kappa shape index (κ2) is 6.98. The Balaban J connectivity index is 1.75. The average Bonchev–Trinajstić information content (AvgIpc) is 2.39. The minimum absolute atomic E-state index is 0.314. The molecule has 2 atom stereocenters. The first-order valence-corrected chi connectivity index (χ1v) is 8.59. The fourth-order valence-corrected chi connectivity index (χ4v) is 3.58. The Labute approximate surface area is 122 Å². The van der Waals surface area contributed by atoms with E-state index in [1.807, 2.05) is 11.8 Å². The van der Waals surface area contributed by atoms with Crippen LogP contribution in [0.4, 0.5) is 0 Å². The van der Waals surface area contributed by atoms with Crippen molar-refractivity contribution in [3.8, 4) is 0 Å². The third kappa shape index (κ3) is 4.99. The first-order chi connectivity index (χ1) is 9.05. The van der Waals surface area contributed by atoms with Crippen LogP contribution < -0.4 is 5.32 Å². The van der Waals surface area contributed by atoms with E-state index in [4.69, 9.17) is 9.73 Å². The molecule has 3 nitrogen and oxygen atoms in total. The largest absolute Gasteiger partial charge is 0.378 e. The standard InChI is InChI=1S/C15H28N2OS/c1-15(2,3)13-8-11-19-14(17-13)16-9-7-12-6-4-5-10-18-12/h12-13H,4-11H2,1-3H3,(H,16,17). The van der Waals surface area contributed by atoms with Crippen molar-refractivity contribution in [2.75, 3.05) is 18.9 Å². The summed E-state index contributed by atoms with van der Waals surface area (Å²) in [6.45, 7) is 8.74. The van der Waals surface area contributed by atoms with Gasteiger partial charge < -0.3 is 10.1 Å². The lowest BCUT2D eigenvalue weighted by molar-refractivity contribution is 0.0129. The predicted molar refractivity (Wildman–Crippen MR) is 84.0 cm³/mol. The molecule has 2 fully saturated rings. The maximum atomic E-state index is 5.75. The molecule has 2 aliphatic rings. The lowest BCUT2D eigenvalue weighted by Crippen LogP contribution is -2.46. The summed E-state index contributed by atoms with van der Waals surface area (Å²) in [6, 6.07) is 0.554. The van der Waals surface area contributed by atoms with Crippen LogP contribution in [0.5, 0.6) is 0 Å². The van der Waals surface area contributed by atoms with Gasteiger partial charge in [0.25, 0.3) is 0 Å². The summed E-state index contributed by atoms with van der Waals surface area (Å²) in [5, 5.41) is 4.74. The van der Waals surface area contributed by atoms with Crippen LogP contribution in [-0.2, 0) is 4.74 Å². The summed E-state index contributed by atoms with van der Waals surface area (Å²) >= 11 is 1.87. The normalized spacial score (nSPS) is 31.2. The topological polar surface area (TPSA) is 33.6 Å². The fraction of sp³-hybridized carbons (Fsp3) is 0.933. The molecule has 2 unspecified atom stereocenters. The van der Waals surface area contributed by atoms with E-state index in [2.05, 4.69) is 26.1 Å². The van der Waals surface area contributed by atoms with Crippen molar-refractivity contribution in [3.63, 3.8) is 0 Å². The fourth-order valence-electron chi connectivity index (χ4n) is 2.62. The van der Waals surface area contributed by atoms with Gasteiger partial charge in [0, 0.05) is 24.9 Å². The van der Waals surface area contributed by atoms with Gasteiger partial charge in [0.1, 0.15) is 0 Å². The highest BCUT2D eigenvalue weighted by atomic mass is 32.2. The average molecular weight is 284 g/mol. The Hall–Kier alpha value is -0.220. The molecule has 0 aromatic rings. The van der Waals surface area contributed by atoms with E-state index in [1.54, 1.807) is 0 Å². The van der Waals surface area contributed by atoms with Gasteiger partial charge in [0.15, 0.2) is 5.17 Å². The molecule has 0 saturated carbocycles. The molecule has 2 heterocycles. The zero-order chi connectivity index (χ0) is 13.7. The number of thioether (sulfide) groups is 1. The summed E-state index contributed by atoms with van der Waals surface area (Å²) in [5.41, 5.74) is 0.314. The van der Waals surface area contributed by atoms with Crippen molar-refractivity contribution < 1.29 is 4.74 Å². The number of nitrogens with one attached hydrogen (secondary N) is 1. The highest BCUT2D eigenvalue weighted by Gasteiger charge is 2.28. The van der Waals surface area contributed by atoms with E-state index < -0.39 is 0 Å². The molecule has 0 bridgehead atoms. The third-order valence-electron chi connectivity index (χ3n) is 3.97. The molecule has 2 rings (SSSR count).